The van der Waals surface area contributed by atoms with Crippen LogP contribution in [0.3, 0.4) is 0 Å². The van der Waals surface area contributed by atoms with Crippen molar-refractivity contribution in [1.29, 1.82) is 0 Å². The number of hydrogen-bond acceptors (Lipinski definition) is 1. The van der Waals surface area contributed by atoms with Crippen molar-refractivity contribution in [2.24, 2.45) is 0 Å². The van der Waals surface area contributed by atoms with Crippen molar-refractivity contribution < 1.29 is 5.11 Å². The molecule has 0 atom stereocenters. The van der Waals surface area contributed by atoms with E-state index in [9.17, 15) is 0 Å². The van der Waals surface area contributed by atoms with E-state index in [0.29, 0.717) is 0 Å². The molecule has 0 heterocycles. The SMILES string of the molecule is C#CC#Cc1ccc(O)cc1. The molecule has 0 aliphatic carbocycles. The van der Waals surface area contributed by atoms with Crippen LogP contribution < -0.4 is 0 Å². The molecule has 0 bridgehead atoms. The van der Waals surface area contributed by atoms with E-state index in [2.05, 4.69) is 17.8 Å². The molecule has 0 amide bonds. The molecule has 1 heteroatoms. The molecule has 1 aromatic rings. The van der Waals surface area contributed by atoms with Crippen molar-refractivity contribution >= 4 is 0 Å². The highest BCUT2D eigenvalue weighted by Crippen LogP contribution is 2.07. The van der Waals surface area contributed by atoms with Gasteiger partial charge in [0.1, 0.15) is 5.75 Å². The van der Waals surface area contributed by atoms with Gasteiger partial charge in [0.05, 0.1) is 0 Å². The second kappa shape index (κ2) is 3.34. The van der Waals surface area contributed by atoms with E-state index in [1.807, 2.05) is 0 Å². The van der Waals surface area contributed by atoms with Crippen LogP contribution >= 0.6 is 0 Å². The molecule has 0 aromatic heterocycles. The lowest BCUT2D eigenvalue weighted by Crippen LogP contribution is -1.70. The highest BCUT2D eigenvalue weighted by atomic mass is 16.3. The molecule has 0 saturated carbocycles. The standard InChI is InChI=1S/C10H6O/c1-2-3-4-9-5-7-10(11)8-6-9/h1,5-8,11H. The van der Waals surface area contributed by atoms with E-state index in [1.54, 1.807) is 24.3 Å². The third kappa shape index (κ3) is 2.08. The molecular formula is C10H6O. The monoisotopic (exact) mass is 142 g/mol. The van der Waals surface area contributed by atoms with Gasteiger partial charge in [0.2, 0.25) is 0 Å². The van der Waals surface area contributed by atoms with Crippen LogP contribution in [0.5, 0.6) is 5.75 Å². The summed E-state index contributed by atoms with van der Waals surface area (Å²) in [5.74, 6) is 7.64. The minimum Gasteiger partial charge on any atom is -0.508 e. The van der Waals surface area contributed by atoms with Gasteiger partial charge in [-0.05, 0) is 36.1 Å². The molecule has 52 valence electrons. The Hall–Kier alpha value is -1.86. The highest BCUT2D eigenvalue weighted by Gasteiger charge is 1.85. The first-order chi connectivity index (χ1) is 5.33. The summed E-state index contributed by atoms with van der Waals surface area (Å²) in [5, 5.41) is 8.89. The van der Waals surface area contributed by atoms with E-state index >= 15 is 0 Å². The van der Waals surface area contributed by atoms with Crippen molar-refractivity contribution in [1.82, 2.24) is 0 Å². The lowest BCUT2D eigenvalue weighted by molar-refractivity contribution is 0.475. The molecular weight excluding hydrogens is 136 g/mol. The maximum Gasteiger partial charge on any atom is 0.115 e. The van der Waals surface area contributed by atoms with E-state index in [0.717, 1.165) is 5.56 Å². The fourth-order valence-corrected chi connectivity index (χ4v) is 0.653. The van der Waals surface area contributed by atoms with E-state index in [4.69, 9.17) is 11.5 Å². The topological polar surface area (TPSA) is 20.2 Å². The molecule has 1 rings (SSSR count). The quantitative estimate of drug-likeness (QED) is 0.542. The first-order valence-electron chi connectivity index (χ1n) is 3.08. The summed E-state index contributed by atoms with van der Waals surface area (Å²) in [6.07, 6.45) is 4.93. The predicted octanol–water partition coefficient (Wildman–Crippen LogP) is 1.38. The van der Waals surface area contributed by atoms with Crippen LogP contribution in [0.2, 0.25) is 0 Å². The third-order valence-electron chi connectivity index (χ3n) is 1.15. The first-order valence-corrected chi connectivity index (χ1v) is 3.08. The molecule has 0 unspecified atom stereocenters. The smallest absolute Gasteiger partial charge is 0.115 e. The van der Waals surface area contributed by atoms with E-state index in [-0.39, 0.29) is 5.75 Å². The molecule has 11 heavy (non-hydrogen) atoms. The molecule has 0 aliphatic heterocycles. The maximum atomic E-state index is 8.89. The Labute approximate surface area is 65.7 Å². The van der Waals surface area contributed by atoms with Crippen molar-refractivity contribution in [3.63, 3.8) is 0 Å². The largest absolute Gasteiger partial charge is 0.508 e. The Balaban J connectivity index is 2.93. The number of aromatic hydroxyl groups is 1. The van der Waals surface area contributed by atoms with Crippen molar-refractivity contribution in [3.8, 4) is 29.9 Å². The molecule has 0 radical (unpaired) electrons. The zero-order valence-electron chi connectivity index (χ0n) is 5.83. The molecule has 0 saturated heterocycles. The minimum atomic E-state index is 0.233. The zero-order valence-corrected chi connectivity index (χ0v) is 5.83. The van der Waals surface area contributed by atoms with Crippen molar-refractivity contribution in [2.75, 3.05) is 0 Å². The summed E-state index contributed by atoms with van der Waals surface area (Å²) >= 11 is 0. The molecule has 0 fully saturated rings. The van der Waals surface area contributed by atoms with Gasteiger partial charge in [-0.3, -0.25) is 0 Å². The number of terminal acetylenes is 1. The maximum absolute atomic E-state index is 8.89. The summed E-state index contributed by atoms with van der Waals surface area (Å²) in [5.41, 5.74) is 0.806. The van der Waals surface area contributed by atoms with Crippen LogP contribution in [0.15, 0.2) is 24.3 Å². The van der Waals surface area contributed by atoms with Gasteiger partial charge in [-0.1, -0.05) is 5.92 Å². The third-order valence-corrected chi connectivity index (χ3v) is 1.15. The van der Waals surface area contributed by atoms with Gasteiger partial charge in [0.15, 0.2) is 0 Å². The van der Waals surface area contributed by atoms with Crippen LogP contribution in [0.4, 0.5) is 0 Å². The van der Waals surface area contributed by atoms with Gasteiger partial charge in [-0.2, -0.15) is 0 Å². The fourth-order valence-electron chi connectivity index (χ4n) is 0.653. The number of hydrogen-bond donors (Lipinski definition) is 1. The van der Waals surface area contributed by atoms with Crippen LogP contribution in [0.1, 0.15) is 5.56 Å². The van der Waals surface area contributed by atoms with Crippen LogP contribution in [0.25, 0.3) is 0 Å². The number of benzene rings is 1. The van der Waals surface area contributed by atoms with E-state index in [1.165, 1.54) is 0 Å². The summed E-state index contributed by atoms with van der Waals surface area (Å²) in [6, 6.07) is 6.56. The minimum absolute atomic E-state index is 0.233. The Bertz CT molecular complexity index is 330. The number of rotatable bonds is 0. The summed E-state index contributed by atoms with van der Waals surface area (Å²) in [6.45, 7) is 0. The summed E-state index contributed by atoms with van der Waals surface area (Å²) in [4.78, 5) is 0. The zero-order chi connectivity index (χ0) is 8.10. The number of phenols is 1. The van der Waals surface area contributed by atoms with Gasteiger partial charge < -0.3 is 5.11 Å². The fraction of sp³-hybridized carbons (Fsp3) is 0. The lowest BCUT2D eigenvalue weighted by atomic mass is 10.2. The molecule has 1 nitrogen and oxygen atoms in total. The normalized spacial score (nSPS) is 7.55. The van der Waals surface area contributed by atoms with Gasteiger partial charge in [-0.15, -0.1) is 6.42 Å². The van der Waals surface area contributed by atoms with Crippen molar-refractivity contribution in [3.05, 3.63) is 29.8 Å². The predicted molar refractivity (Wildman–Crippen MR) is 43.8 cm³/mol. The second-order valence-corrected chi connectivity index (χ2v) is 1.94. The Kier molecular flexibility index (Phi) is 2.20. The second-order valence-electron chi connectivity index (χ2n) is 1.94. The summed E-state index contributed by atoms with van der Waals surface area (Å²) in [7, 11) is 0. The van der Waals surface area contributed by atoms with Gasteiger partial charge in [0, 0.05) is 5.56 Å². The van der Waals surface area contributed by atoms with Crippen molar-refractivity contribution in [2.45, 2.75) is 0 Å². The first kappa shape index (κ1) is 7.25. The Morgan fingerprint density at radius 2 is 1.82 bits per heavy atom. The summed E-state index contributed by atoms with van der Waals surface area (Å²) < 4.78 is 0. The average molecular weight is 142 g/mol. The average Bonchev–Trinajstić information content (AvgIpc) is 2.04. The van der Waals surface area contributed by atoms with Crippen LogP contribution in [-0.4, -0.2) is 5.11 Å². The lowest BCUT2D eigenvalue weighted by Gasteiger charge is -1.89. The highest BCUT2D eigenvalue weighted by molar-refractivity contribution is 5.41. The van der Waals surface area contributed by atoms with Crippen LogP contribution in [-0.2, 0) is 0 Å². The Morgan fingerprint density at radius 1 is 1.18 bits per heavy atom. The number of phenolic OH excluding ortho intramolecular Hbond substituents is 1. The molecule has 1 aromatic carbocycles. The molecule has 0 spiro atoms. The van der Waals surface area contributed by atoms with Gasteiger partial charge >= 0.3 is 0 Å². The van der Waals surface area contributed by atoms with Gasteiger partial charge in [0.25, 0.3) is 0 Å². The van der Waals surface area contributed by atoms with Crippen LogP contribution in [0, 0.1) is 24.2 Å². The van der Waals surface area contributed by atoms with Gasteiger partial charge in [-0.25, -0.2) is 0 Å². The molecule has 1 N–H and O–H groups in total. The Morgan fingerprint density at radius 3 is 2.36 bits per heavy atom. The molecule has 0 aliphatic rings. The van der Waals surface area contributed by atoms with E-state index < -0.39 is 0 Å².